The zero-order valence-corrected chi connectivity index (χ0v) is 16.5. The van der Waals surface area contributed by atoms with Gasteiger partial charge in [0.25, 0.3) is 12.5 Å². The van der Waals surface area contributed by atoms with Gasteiger partial charge >= 0.3 is 6.61 Å². The molecule has 0 spiro atoms. The summed E-state index contributed by atoms with van der Waals surface area (Å²) in [7, 11) is 0. The van der Waals surface area contributed by atoms with Crippen molar-refractivity contribution in [3.63, 3.8) is 0 Å². The highest BCUT2D eigenvalue weighted by atomic mass is 19.3. The third-order valence-corrected chi connectivity index (χ3v) is 4.70. The predicted molar refractivity (Wildman–Crippen MR) is 110 cm³/mol. The van der Waals surface area contributed by atoms with Crippen molar-refractivity contribution < 1.29 is 32.5 Å². The first-order valence-electron chi connectivity index (χ1n) is 9.22. The van der Waals surface area contributed by atoms with E-state index in [9.17, 15) is 13.2 Å². The molecule has 1 aromatic heterocycles. The Bertz CT molecular complexity index is 1110. The summed E-state index contributed by atoms with van der Waals surface area (Å²) in [4.78, 5) is 16.5. The van der Waals surface area contributed by atoms with E-state index < -0.39 is 18.1 Å². The second-order valence-electron chi connectivity index (χ2n) is 6.53. The van der Waals surface area contributed by atoms with E-state index in [1.165, 1.54) is 18.3 Å². The lowest BCUT2D eigenvalue weighted by atomic mass is 9.83. The van der Waals surface area contributed by atoms with Crippen molar-refractivity contribution in [1.82, 2.24) is 4.98 Å². The number of pyridine rings is 1. The fourth-order valence-electron chi connectivity index (χ4n) is 3.35. The lowest BCUT2D eigenvalue weighted by Gasteiger charge is -2.26. The van der Waals surface area contributed by atoms with Crippen LogP contribution in [-0.4, -0.2) is 35.8 Å². The topological polar surface area (TPSA) is 107 Å². The van der Waals surface area contributed by atoms with Gasteiger partial charge in [0.15, 0.2) is 5.54 Å². The van der Waals surface area contributed by atoms with Crippen LogP contribution in [0.2, 0.25) is 0 Å². The van der Waals surface area contributed by atoms with Crippen LogP contribution in [0.4, 0.5) is 13.2 Å². The van der Waals surface area contributed by atoms with E-state index >= 15 is 0 Å². The summed E-state index contributed by atoms with van der Waals surface area (Å²) in [5.74, 6) is -0.557. The number of nitrogens with two attached hydrogens (primary N) is 1. The largest absolute Gasteiger partial charge is 0.483 e. The quantitative estimate of drug-likeness (QED) is 0.457. The van der Waals surface area contributed by atoms with E-state index in [1.807, 2.05) is 6.07 Å². The standard InChI is InChI=1S/C21H16F3N3O2.CH2O2/c22-18-17(5-2-10-26-18)13-3-1-4-15(11-13)21(12-28-20(25)27-21)14-6-8-16(9-7-14)29-19(23)24;2-1-3/h1-11,19H,12H2,(H2,25,27);1H,(H,2,3). The Kier molecular flexibility index (Phi) is 6.93. The van der Waals surface area contributed by atoms with Crippen LogP contribution in [0.1, 0.15) is 11.1 Å². The smallest absolute Gasteiger partial charge is 0.387 e. The molecule has 0 radical (unpaired) electrons. The predicted octanol–water partition coefficient (Wildman–Crippen LogP) is 3.78. The van der Waals surface area contributed by atoms with E-state index in [4.69, 9.17) is 20.4 Å². The molecule has 0 saturated heterocycles. The maximum Gasteiger partial charge on any atom is 0.387 e. The first-order valence-corrected chi connectivity index (χ1v) is 9.22. The molecule has 7 nitrogen and oxygen atoms in total. The number of hydrogen-bond acceptors (Lipinski definition) is 6. The molecule has 3 aromatic rings. The summed E-state index contributed by atoms with van der Waals surface area (Å²) in [6.07, 6.45) is 1.38. The summed E-state index contributed by atoms with van der Waals surface area (Å²) in [5.41, 5.74) is 7.13. The SMILES string of the molecule is NC1=NC(c2ccc(OC(F)F)cc2)(c2cccc(-c3cccnc3F)c2)CO1.O=CO. The number of rotatable bonds is 5. The average Bonchev–Trinajstić information content (AvgIpc) is 3.18. The number of aromatic nitrogens is 1. The maximum absolute atomic E-state index is 14.2. The van der Waals surface area contributed by atoms with Gasteiger partial charge in [0.2, 0.25) is 5.95 Å². The molecular weight excluding hydrogens is 427 g/mol. The minimum atomic E-state index is -2.91. The Morgan fingerprint density at radius 1 is 1.12 bits per heavy atom. The molecule has 0 amide bonds. The molecule has 2 heterocycles. The number of carboxylic acid groups (broad SMARTS) is 1. The first-order chi connectivity index (χ1) is 15.4. The molecule has 0 saturated carbocycles. The maximum atomic E-state index is 14.2. The summed E-state index contributed by atoms with van der Waals surface area (Å²) in [6, 6.07) is 16.6. The molecule has 0 bridgehead atoms. The summed E-state index contributed by atoms with van der Waals surface area (Å²) >= 11 is 0. The number of benzene rings is 2. The first kappa shape index (κ1) is 22.6. The Balaban J connectivity index is 0.000000913. The normalized spacial score (nSPS) is 17.1. The van der Waals surface area contributed by atoms with Gasteiger partial charge in [-0.3, -0.25) is 4.79 Å². The summed E-state index contributed by atoms with van der Waals surface area (Å²) < 4.78 is 48.9. The molecule has 1 unspecified atom stereocenters. The van der Waals surface area contributed by atoms with Gasteiger partial charge in [-0.25, -0.2) is 9.98 Å². The monoisotopic (exact) mass is 445 g/mol. The van der Waals surface area contributed by atoms with Gasteiger partial charge in [0, 0.05) is 11.8 Å². The number of amidine groups is 1. The van der Waals surface area contributed by atoms with E-state index in [1.54, 1.807) is 42.5 Å². The highest BCUT2D eigenvalue weighted by Crippen LogP contribution is 2.39. The molecule has 1 aliphatic heterocycles. The Morgan fingerprint density at radius 2 is 1.84 bits per heavy atom. The van der Waals surface area contributed by atoms with Crippen molar-refractivity contribution in [2.24, 2.45) is 10.7 Å². The summed E-state index contributed by atoms with van der Waals surface area (Å²) in [6.45, 7) is -3.04. The van der Waals surface area contributed by atoms with Crippen molar-refractivity contribution in [3.8, 4) is 16.9 Å². The van der Waals surface area contributed by atoms with Gasteiger partial charge in [-0.15, -0.1) is 0 Å². The number of hydrogen-bond donors (Lipinski definition) is 2. The molecule has 1 atom stereocenters. The van der Waals surface area contributed by atoms with Gasteiger partial charge in [-0.1, -0.05) is 30.3 Å². The van der Waals surface area contributed by atoms with Crippen LogP contribution < -0.4 is 10.5 Å². The van der Waals surface area contributed by atoms with Crippen LogP contribution in [0.5, 0.6) is 5.75 Å². The minimum Gasteiger partial charge on any atom is -0.483 e. The zero-order valence-electron chi connectivity index (χ0n) is 16.5. The van der Waals surface area contributed by atoms with E-state index in [2.05, 4.69) is 14.7 Å². The molecule has 2 aromatic carbocycles. The van der Waals surface area contributed by atoms with Crippen LogP contribution >= 0.6 is 0 Å². The molecule has 4 rings (SSSR count). The highest BCUT2D eigenvalue weighted by Gasteiger charge is 2.40. The van der Waals surface area contributed by atoms with Crippen LogP contribution in [0.3, 0.4) is 0 Å². The number of nitrogens with zero attached hydrogens (tertiary/aromatic N) is 2. The molecule has 166 valence electrons. The van der Waals surface area contributed by atoms with E-state index in [0.29, 0.717) is 22.3 Å². The molecule has 1 aliphatic rings. The number of alkyl halides is 2. The average molecular weight is 445 g/mol. The molecular formula is C22H18F3N3O4. The van der Waals surface area contributed by atoms with E-state index in [0.717, 1.165) is 0 Å². The highest BCUT2D eigenvalue weighted by molar-refractivity contribution is 5.75. The van der Waals surface area contributed by atoms with Crippen LogP contribution in [0.15, 0.2) is 71.9 Å². The Morgan fingerprint density at radius 3 is 2.44 bits per heavy atom. The van der Waals surface area contributed by atoms with Gasteiger partial charge < -0.3 is 20.3 Å². The number of carbonyl (C=O) groups is 1. The number of ether oxygens (including phenoxy) is 2. The third-order valence-electron chi connectivity index (χ3n) is 4.70. The van der Waals surface area contributed by atoms with Gasteiger partial charge in [-0.2, -0.15) is 13.2 Å². The molecule has 32 heavy (non-hydrogen) atoms. The van der Waals surface area contributed by atoms with Crippen molar-refractivity contribution in [1.29, 1.82) is 0 Å². The lowest BCUT2D eigenvalue weighted by Crippen LogP contribution is -2.27. The van der Waals surface area contributed by atoms with Crippen molar-refractivity contribution in [2.45, 2.75) is 12.2 Å². The van der Waals surface area contributed by atoms with Gasteiger partial charge in [0.05, 0.1) is 0 Å². The van der Waals surface area contributed by atoms with Gasteiger partial charge in [-0.05, 0) is 47.0 Å². The fourth-order valence-corrected chi connectivity index (χ4v) is 3.35. The third kappa shape index (κ3) is 4.80. The molecule has 0 fully saturated rings. The van der Waals surface area contributed by atoms with Crippen molar-refractivity contribution in [3.05, 3.63) is 83.9 Å². The van der Waals surface area contributed by atoms with Crippen LogP contribution in [0, 0.1) is 5.95 Å². The van der Waals surface area contributed by atoms with Crippen molar-refractivity contribution in [2.75, 3.05) is 6.61 Å². The van der Waals surface area contributed by atoms with E-state index in [-0.39, 0.29) is 24.9 Å². The number of aliphatic imine (C=N–C) groups is 1. The molecule has 10 heteroatoms. The van der Waals surface area contributed by atoms with Crippen molar-refractivity contribution >= 4 is 12.5 Å². The second kappa shape index (κ2) is 9.82. The summed E-state index contributed by atoms with van der Waals surface area (Å²) in [5, 5.41) is 6.89. The minimum absolute atomic E-state index is 0.0101. The second-order valence-corrected chi connectivity index (χ2v) is 6.53. The lowest BCUT2D eigenvalue weighted by molar-refractivity contribution is -0.122. The molecule has 3 N–H and O–H groups in total. The fraction of sp³-hybridized carbons (Fsp3) is 0.136. The number of halogens is 3. The Labute approximate surface area is 181 Å². The Hall–Kier alpha value is -4.08. The van der Waals surface area contributed by atoms with Gasteiger partial charge in [0.1, 0.15) is 12.4 Å². The van der Waals surface area contributed by atoms with Crippen LogP contribution in [0.25, 0.3) is 11.1 Å². The zero-order chi connectivity index (χ0) is 23.1. The molecule has 0 aliphatic carbocycles. The van der Waals surface area contributed by atoms with Crippen LogP contribution in [-0.2, 0) is 15.1 Å².